The first-order valence-electron chi connectivity index (χ1n) is 5.89. The van der Waals surface area contributed by atoms with Crippen LogP contribution in [0.2, 0.25) is 0 Å². The zero-order valence-electron chi connectivity index (χ0n) is 10.1. The molecule has 0 bridgehead atoms. The van der Waals surface area contributed by atoms with E-state index in [4.69, 9.17) is 5.26 Å². The second-order valence-corrected chi connectivity index (χ2v) is 4.76. The molecule has 0 aliphatic heterocycles. The molecule has 0 radical (unpaired) electrons. The molecule has 1 saturated carbocycles. The summed E-state index contributed by atoms with van der Waals surface area (Å²) in [5.41, 5.74) is 0.557. The van der Waals surface area contributed by atoms with E-state index < -0.39 is 6.36 Å². The molecule has 3 nitrogen and oxygen atoms in total. The van der Waals surface area contributed by atoms with Crippen LogP contribution < -0.4 is 10.1 Å². The molecule has 6 heteroatoms. The minimum atomic E-state index is -4.68. The minimum absolute atomic E-state index is 0.00433. The van der Waals surface area contributed by atoms with Gasteiger partial charge in [0, 0.05) is 30.1 Å². The number of nitrogens with one attached hydrogen (secondary N) is 1. The maximum Gasteiger partial charge on any atom is 0.573 e. The molecule has 1 aromatic carbocycles. The topological polar surface area (TPSA) is 45.0 Å². The number of nitrogens with zero attached hydrogens (tertiary/aromatic N) is 1. The average Bonchev–Trinajstić information content (AvgIpc) is 3.06. The molecular weight excluding hydrogens is 257 g/mol. The molecule has 1 N–H and O–H groups in total. The fourth-order valence-corrected chi connectivity index (χ4v) is 1.85. The van der Waals surface area contributed by atoms with Crippen LogP contribution in [0.15, 0.2) is 24.3 Å². The zero-order valence-corrected chi connectivity index (χ0v) is 10.1. The van der Waals surface area contributed by atoms with Gasteiger partial charge in [0.1, 0.15) is 5.75 Å². The van der Waals surface area contributed by atoms with Crippen LogP contribution in [0.25, 0.3) is 0 Å². The van der Waals surface area contributed by atoms with Crippen LogP contribution in [0.5, 0.6) is 5.75 Å². The van der Waals surface area contributed by atoms with E-state index in [-0.39, 0.29) is 11.2 Å². The first kappa shape index (κ1) is 13.5. The van der Waals surface area contributed by atoms with Crippen LogP contribution in [-0.4, -0.2) is 12.9 Å². The van der Waals surface area contributed by atoms with Gasteiger partial charge in [0.25, 0.3) is 0 Å². The van der Waals surface area contributed by atoms with Crippen molar-refractivity contribution >= 4 is 5.69 Å². The maximum absolute atomic E-state index is 12.1. The summed E-state index contributed by atoms with van der Waals surface area (Å²) in [6, 6.07) is 7.85. The first-order chi connectivity index (χ1) is 8.92. The highest BCUT2D eigenvalue weighted by Crippen LogP contribution is 2.48. The Bertz CT molecular complexity index is 489. The highest BCUT2D eigenvalue weighted by atomic mass is 19.4. The third-order valence-electron chi connectivity index (χ3n) is 3.15. The second-order valence-electron chi connectivity index (χ2n) is 4.76. The lowest BCUT2D eigenvalue weighted by atomic mass is 10.0. The van der Waals surface area contributed by atoms with Crippen molar-refractivity contribution in [3.63, 3.8) is 0 Å². The Hall–Kier alpha value is -1.90. The lowest BCUT2D eigenvalue weighted by Gasteiger charge is -2.14. The van der Waals surface area contributed by atoms with Crippen molar-refractivity contribution in [2.45, 2.75) is 25.6 Å². The fraction of sp³-hybridized carbons (Fsp3) is 0.462. The van der Waals surface area contributed by atoms with Crippen LogP contribution in [-0.2, 0) is 0 Å². The van der Waals surface area contributed by atoms with E-state index in [0.717, 1.165) is 12.8 Å². The molecule has 0 unspecified atom stereocenters. The van der Waals surface area contributed by atoms with Gasteiger partial charge in [-0.25, -0.2) is 0 Å². The molecule has 1 aliphatic rings. The Morgan fingerprint density at radius 3 is 2.68 bits per heavy atom. The van der Waals surface area contributed by atoms with E-state index in [0.29, 0.717) is 18.7 Å². The summed E-state index contributed by atoms with van der Waals surface area (Å²) in [4.78, 5) is 0. The van der Waals surface area contributed by atoms with Crippen molar-refractivity contribution in [3.05, 3.63) is 24.3 Å². The van der Waals surface area contributed by atoms with Gasteiger partial charge in [-0.05, 0) is 25.0 Å². The quantitative estimate of drug-likeness (QED) is 0.887. The standard InChI is InChI=1S/C13H13F3N2O/c14-13(15,16)19-11-3-1-2-10(8-11)18-9-12(4-5-12)6-7-17/h1-3,8,18H,4-6,9H2. The van der Waals surface area contributed by atoms with Gasteiger partial charge < -0.3 is 10.1 Å². The Balaban J connectivity index is 1.94. The molecule has 19 heavy (non-hydrogen) atoms. The van der Waals surface area contributed by atoms with Gasteiger partial charge in [-0.3, -0.25) is 0 Å². The van der Waals surface area contributed by atoms with Crippen molar-refractivity contribution in [1.82, 2.24) is 0 Å². The highest BCUT2D eigenvalue weighted by Gasteiger charge is 2.42. The van der Waals surface area contributed by atoms with Gasteiger partial charge in [0.15, 0.2) is 0 Å². The molecule has 0 heterocycles. The van der Waals surface area contributed by atoms with Crippen LogP contribution in [0.4, 0.5) is 18.9 Å². The summed E-state index contributed by atoms with van der Waals surface area (Å²) in [7, 11) is 0. The monoisotopic (exact) mass is 270 g/mol. The van der Waals surface area contributed by atoms with Gasteiger partial charge in [-0.15, -0.1) is 13.2 Å². The Morgan fingerprint density at radius 1 is 1.37 bits per heavy atom. The van der Waals surface area contributed by atoms with Gasteiger partial charge in [-0.1, -0.05) is 6.07 Å². The Morgan fingerprint density at radius 2 is 2.11 bits per heavy atom. The van der Waals surface area contributed by atoms with E-state index in [2.05, 4.69) is 16.1 Å². The van der Waals surface area contributed by atoms with Crippen molar-refractivity contribution in [2.75, 3.05) is 11.9 Å². The molecule has 102 valence electrons. The van der Waals surface area contributed by atoms with Crippen molar-refractivity contribution in [2.24, 2.45) is 5.41 Å². The molecular formula is C13H13F3N2O. The van der Waals surface area contributed by atoms with Gasteiger partial charge in [-0.2, -0.15) is 5.26 Å². The Kier molecular flexibility index (Phi) is 3.56. The number of hydrogen-bond acceptors (Lipinski definition) is 3. The highest BCUT2D eigenvalue weighted by molar-refractivity contribution is 5.48. The van der Waals surface area contributed by atoms with Crippen LogP contribution >= 0.6 is 0 Å². The number of alkyl halides is 3. The van der Waals surface area contributed by atoms with Crippen LogP contribution in [0.1, 0.15) is 19.3 Å². The molecule has 0 amide bonds. The van der Waals surface area contributed by atoms with E-state index in [1.165, 1.54) is 18.2 Å². The summed E-state index contributed by atoms with van der Waals surface area (Å²) in [6.07, 6.45) is -2.26. The summed E-state index contributed by atoms with van der Waals surface area (Å²) < 4.78 is 40.1. The molecule has 0 aromatic heterocycles. The second kappa shape index (κ2) is 5.00. The van der Waals surface area contributed by atoms with E-state index in [9.17, 15) is 13.2 Å². The van der Waals surface area contributed by atoms with Gasteiger partial charge >= 0.3 is 6.36 Å². The lowest BCUT2D eigenvalue weighted by Crippen LogP contribution is -2.18. The molecule has 1 aromatic rings. The van der Waals surface area contributed by atoms with E-state index in [1.807, 2.05) is 0 Å². The normalized spacial score (nSPS) is 16.5. The lowest BCUT2D eigenvalue weighted by molar-refractivity contribution is -0.274. The average molecular weight is 270 g/mol. The molecule has 0 saturated heterocycles. The summed E-state index contributed by atoms with van der Waals surface area (Å²) in [5.74, 6) is -0.248. The van der Waals surface area contributed by atoms with E-state index >= 15 is 0 Å². The Labute approximate surface area is 109 Å². The van der Waals surface area contributed by atoms with Crippen LogP contribution in [0.3, 0.4) is 0 Å². The third-order valence-corrected chi connectivity index (χ3v) is 3.15. The van der Waals surface area contributed by atoms with Gasteiger partial charge in [0.05, 0.1) is 6.07 Å². The summed E-state index contributed by atoms with van der Waals surface area (Å²) in [6.45, 7) is 0.593. The smallest absolute Gasteiger partial charge is 0.406 e. The molecule has 0 atom stereocenters. The number of nitriles is 1. The number of ether oxygens (including phenoxy) is 1. The number of rotatable bonds is 5. The summed E-state index contributed by atoms with van der Waals surface area (Å²) >= 11 is 0. The van der Waals surface area contributed by atoms with Crippen molar-refractivity contribution in [1.29, 1.82) is 5.26 Å². The van der Waals surface area contributed by atoms with Crippen LogP contribution in [0, 0.1) is 16.7 Å². The predicted octanol–water partition coefficient (Wildman–Crippen LogP) is 3.69. The predicted molar refractivity (Wildman–Crippen MR) is 63.5 cm³/mol. The molecule has 2 rings (SSSR count). The molecule has 1 aliphatic carbocycles. The minimum Gasteiger partial charge on any atom is -0.406 e. The molecule has 0 spiro atoms. The number of halogens is 3. The van der Waals surface area contributed by atoms with Crippen molar-refractivity contribution < 1.29 is 17.9 Å². The summed E-state index contributed by atoms with van der Waals surface area (Å²) in [5, 5.41) is 11.7. The number of anilines is 1. The number of benzene rings is 1. The SMILES string of the molecule is N#CCC1(CNc2cccc(OC(F)(F)F)c2)CC1. The van der Waals surface area contributed by atoms with E-state index in [1.54, 1.807) is 6.07 Å². The first-order valence-corrected chi connectivity index (χ1v) is 5.89. The number of hydrogen-bond donors (Lipinski definition) is 1. The van der Waals surface area contributed by atoms with Gasteiger partial charge in [0.2, 0.25) is 0 Å². The largest absolute Gasteiger partial charge is 0.573 e. The maximum atomic E-state index is 12.1. The zero-order chi connectivity index (χ0) is 13.9. The fourth-order valence-electron chi connectivity index (χ4n) is 1.85. The van der Waals surface area contributed by atoms with Crippen molar-refractivity contribution in [3.8, 4) is 11.8 Å². The third kappa shape index (κ3) is 4.05. The molecule has 1 fully saturated rings.